The standard InChI is InChI=1S/C10H20N6O2.C3H6.C2H6/c1-16-5-6(8(11)17)15-9(18)7(16)3-2-4-14-10(12)13;1-2-3-1;1-2/h6-7H,2-5H2,1H3,(H2,11,17)(H,15,18)(H4,12,13,14);1-3H2;1-2H3/t6-,7+;;/m1../s1. The van der Waals surface area contributed by atoms with Crippen LogP contribution in [-0.2, 0) is 9.59 Å². The Morgan fingerprint density at radius 3 is 2.22 bits per heavy atom. The molecule has 8 nitrogen and oxygen atoms in total. The number of nitrogens with one attached hydrogen (secondary N) is 1. The minimum Gasteiger partial charge on any atom is -0.370 e. The molecular weight excluding hydrogens is 296 g/mol. The van der Waals surface area contributed by atoms with Gasteiger partial charge in [-0.05, 0) is 19.9 Å². The fourth-order valence-corrected chi connectivity index (χ4v) is 1.93. The van der Waals surface area contributed by atoms with Crippen LogP contribution in [0.5, 0.6) is 0 Å². The van der Waals surface area contributed by atoms with Gasteiger partial charge in [0.1, 0.15) is 6.04 Å². The first-order valence-electron chi connectivity index (χ1n) is 8.27. The monoisotopic (exact) mass is 328 g/mol. The van der Waals surface area contributed by atoms with Crippen molar-refractivity contribution < 1.29 is 9.59 Å². The summed E-state index contributed by atoms with van der Waals surface area (Å²) >= 11 is 0. The third-order valence-electron chi connectivity index (χ3n) is 3.25. The molecule has 1 aliphatic carbocycles. The summed E-state index contributed by atoms with van der Waals surface area (Å²) in [6.07, 6.45) is 5.83. The Bertz CT molecular complexity index is 391. The Morgan fingerprint density at radius 2 is 1.83 bits per heavy atom. The number of piperazine rings is 1. The molecule has 1 saturated carbocycles. The molecule has 134 valence electrons. The largest absolute Gasteiger partial charge is 0.370 e. The van der Waals surface area contributed by atoms with E-state index in [9.17, 15) is 9.59 Å². The highest BCUT2D eigenvalue weighted by Gasteiger charge is 2.33. The lowest BCUT2D eigenvalue weighted by Crippen LogP contribution is -2.62. The third kappa shape index (κ3) is 9.72. The van der Waals surface area contributed by atoms with Gasteiger partial charge in [0.15, 0.2) is 5.96 Å². The zero-order chi connectivity index (χ0) is 17.8. The Kier molecular flexibility index (Phi) is 10.8. The average Bonchev–Trinajstić information content (AvgIpc) is 3.35. The van der Waals surface area contributed by atoms with Gasteiger partial charge in [-0.2, -0.15) is 0 Å². The van der Waals surface area contributed by atoms with E-state index in [0.29, 0.717) is 25.9 Å². The summed E-state index contributed by atoms with van der Waals surface area (Å²) in [6.45, 7) is 4.91. The van der Waals surface area contributed by atoms with Crippen LogP contribution < -0.4 is 22.5 Å². The zero-order valence-electron chi connectivity index (χ0n) is 14.5. The van der Waals surface area contributed by atoms with Gasteiger partial charge in [-0.3, -0.25) is 19.5 Å². The normalized spacial score (nSPS) is 22.5. The predicted octanol–water partition coefficient (Wildman–Crippen LogP) is -0.479. The molecule has 0 spiro atoms. The van der Waals surface area contributed by atoms with Crippen LogP contribution in [0.25, 0.3) is 0 Å². The van der Waals surface area contributed by atoms with Gasteiger partial charge in [-0.1, -0.05) is 33.1 Å². The van der Waals surface area contributed by atoms with Crippen molar-refractivity contribution in [3.05, 3.63) is 0 Å². The van der Waals surface area contributed by atoms with Crippen molar-refractivity contribution in [3.63, 3.8) is 0 Å². The maximum atomic E-state index is 11.8. The highest BCUT2D eigenvalue weighted by molar-refractivity contribution is 5.90. The smallest absolute Gasteiger partial charge is 0.241 e. The lowest BCUT2D eigenvalue weighted by Gasteiger charge is -2.35. The first kappa shape index (κ1) is 21.2. The molecule has 7 N–H and O–H groups in total. The number of amides is 2. The van der Waals surface area contributed by atoms with E-state index in [-0.39, 0.29) is 17.9 Å². The van der Waals surface area contributed by atoms with E-state index in [2.05, 4.69) is 10.3 Å². The van der Waals surface area contributed by atoms with Crippen molar-refractivity contribution in [2.75, 3.05) is 20.1 Å². The topological polar surface area (TPSA) is 140 Å². The number of aliphatic imine (C=N–C) groups is 1. The van der Waals surface area contributed by atoms with Crippen molar-refractivity contribution in [1.82, 2.24) is 10.2 Å². The number of primary amides is 1. The molecule has 8 heteroatoms. The van der Waals surface area contributed by atoms with Gasteiger partial charge in [0, 0.05) is 13.1 Å². The number of carbonyl (C=O) groups excluding carboxylic acids is 2. The van der Waals surface area contributed by atoms with Crippen molar-refractivity contribution in [2.45, 2.75) is 58.0 Å². The summed E-state index contributed by atoms with van der Waals surface area (Å²) in [6, 6.07) is -0.883. The van der Waals surface area contributed by atoms with Crippen LogP contribution in [0.1, 0.15) is 46.0 Å². The Labute approximate surface area is 138 Å². The Hall–Kier alpha value is -1.83. The maximum Gasteiger partial charge on any atom is 0.241 e. The molecule has 0 aromatic carbocycles. The molecular formula is C15H32N6O2. The van der Waals surface area contributed by atoms with E-state index in [1.165, 1.54) is 19.3 Å². The van der Waals surface area contributed by atoms with Gasteiger partial charge in [-0.15, -0.1) is 0 Å². The third-order valence-corrected chi connectivity index (χ3v) is 3.25. The number of hydrogen-bond acceptors (Lipinski definition) is 4. The molecule has 0 unspecified atom stereocenters. The molecule has 1 aliphatic heterocycles. The second-order valence-corrected chi connectivity index (χ2v) is 5.43. The maximum absolute atomic E-state index is 11.8. The molecule has 1 saturated heterocycles. The Morgan fingerprint density at radius 1 is 1.26 bits per heavy atom. The number of hydrogen-bond donors (Lipinski definition) is 4. The van der Waals surface area contributed by atoms with Crippen LogP contribution in [0.4, 0.5) is 0 Å². The van der Waals surface area contributed by atoms with Gasteiger partial charge in [0.05, 0.1) is 6.04 Å². The Balaban J connectivity index is 0.000000835. The van der Waals surface area contributed by atoms with E-state index >= 15 is 0 Å². The van der Waals surface area contributed by atoms with Crippen LogP contribution >= 0.6 is 0 Å². The zero-order valence-corrected chi connectivity index (χ0v) is 14.5. The number of likely N-dealkylation sites (N-methyl/N-ethyl adjacent to an activating group) is 1. The molecule has 23 heavy (non-hydrogen) atoms. The molecule has 2 fully saturated rings. The van der Waals surface area contributed by atoms with E-state index < -0.39 is 11.9 Å². The minimum absolute atomic E-state index is 0.0465. The van der Waals surface area contributed by atoms with E-state index in [1.54, 1.807) is 7.05 Å². The summed E-state index contributed by atoms with van der Waals surface area (Å²) < 4.78 is 0. The van der Waals surface area contributed by atoms with E-state index in [4.69, 9.17) is 17.2 Å². The number of nitrogens with zero attached hydrogens (tertiary/aromatic N) is 2. The predicted molar refractivity (Wildman–Crippen MR) is 92.7 cm³/mol. The molecule has 1 heterocycles. The second-order valence-electron chi connectivity index (χ2n) is 5.43. The van der Waals surface area contributed by atoms with Crippen molar-refractivity contribution in [1.29, 1.82) is 0 Å². The van der Waals surface area contributed by atoms with Gasteiger partial charge >= 0.3 is 0 Å². The van der Waals surface area contributed by atoms with Crippen molar-refractivity contribution in [3.8, 4) is 0 Å². The quantitative estimate of drug-likeness (QED) is 0.306. The number of carbonyl (C=O) groups is 2. The molecule has 2 atom stereocenters. The van der Waals surface area contributed by atoms with Gasteiger partial charge in [0.2, 0.25) is 11.8 Å². The molecule has 0 aromatic heterocycles. The molecule has 0 aromatic rings. The average molecular weight is 328 g/mol. The molecule has 2 amide bonds. The van der Waals surface area contributed by atoms with E-state index in [0.717, 1.165) is 0 Å². The van der Waals surface area contributed by atoms with Crippen LogP contribution in [0.15, 0.2) is 4.99 Å². The van der Waals surface area contributed by atoms with Gasteiger partial charge in [-0.25, -0.2) is 0 Å². The minimum atomic E-state index is -0.614. The number of rotatable bonds is 5. The molecule has 0 bridgehead atoms. The molecule has 2 rings (SSSR count). The number of guanidine groups is 1. The summed E-state index contributed by atoms with van der Waals surface area (Å²) in [4.78, 5) is 28.5. The summed E-state index contributed by atoms with van der Waals surface area (Å²) in [7, 11) is 1.79. The highest BCUT2D eigenvalue weighted by atomic mass is 16.2. The first-order valence-corrected chi connectivity index (χ1v) is 8.27. The lowest BCUT2D eigenvalue weighted by molar-refractivity contribution is -0.135. The van der Waals surface area contributed by atoms with Gasteiger partial charge in [0.25, 0.3) is 0 Å². The van der Waals surface area contributed by atoms with Crippen molar-refractivity contribution >= 4 is 17.8 Å². The van der Waals surface area contributed by atoms with Crippen LogP contribution in [0.2, 0.25) is 0 Å². The van der Waals surface area contributed by atoms with Crippen molar-refractivity contribution in [2.24, 2.45) is 22.2 Å². The van der Waals surface area contributed by atoms with Crippen LogP contribution in [-0.4, -0.2) is 54.9 Å². The first-order chi connectivity index (χ1) is 10.9. The van der Waals surface area contributed by atoms with Gasteiger partial charge < -0.3 is 22.5 Å². The second kappa shape index (κ2) is 11.7. The fraction of sp³-hybridized carbons (Fsp3) is 0.800. The summed E-state index contributed by atoms with van der Waals surface area (Å²) in [5.74, 6) is -0.656. The van der Waals surface area contributed by atoms with Crippen LogP contribution in [0, 0.1) is 0 Å². The fourth-order valence-electron chi connectivity index (χ4n) is 1.93. The van der Waals surface area contributed by atoms with Crippen LogP contribution in [0.3, 0.4) is 0 Å². The summed E-state index contributed by atoms with van der Waals surface area (Å²) in [5.41, 5.74) is 15.6. The van der Waals surface area contributed by atoms with E-state index in [1.807, 2.05) is 18.7 Å². The number of nitrogens with two attached hydrogens (primary N) is 3. The lowest BCUT2D eigenvalue weighted by atomic mass is 10.0. The molecule has 0 radical (unpaired) electrons. The molecule has 2 aliphatic rings. The SMILES string of the molecule is C1CC1.CC.CN1C[C@H](C(N)=O)NC(=O)[C@@H]1CCCN=C(N)N. The highest BCUT2D eigenvalue weighted by Crippen LogP contribution is 2.15. The summed E-state index contributed by atoms with van der Waals surface area (Å²) in [5, 5.41) is 2.61.